The van der Waals surface area contributed by atoms with Crippen molar-refractivity contribution >= 4 is 33.1 Å². The highest BCUT2D eigenvalue weighted by Gasteiger charge is 2.26. The van der Waals surface area contributed by atoms with Crippen molar-refractivity contribution in [3.8, 4) is 0 Å². The highest BCUT2D eigenvalue weighted by molar-refractivity contribution is 7.90. The molecule has 0 saturated carbocycles. The maximum atomic E-state index is 12.9. The average Bonchev–Trinajstić information content (AvgIpc) is 2.71. The van der Waals surface area contributed by atoms with Gasteiger partial charge in [-0.25, -0.2) is 4.39 Å². The molecule has 1 fully saturated rings. The number of hydrogen-bond donors (Lipinski definition) is 2. The number of sulfonamides is 1. The van der Waals surface area contributed by atoms with Gasteiger partial charge in [-0.05, 0) is 36.4 Å². The van der Waals surface area contributed by atoms with E-state index in [1.807, 2.05) is 4.90 Å². The van der Waals surface area contributed by atoms with Gasteiger partial charge in [0.05, 0.1) is 18.8 Å². The largest absolute Gasteiger partial charge is 0.341 e. The maximum Gasteiger partial charge on any atom is 0.286 e. The zero-order chi connectivity index (χ0) is 21.1. The lowest BCUT2D eigenvalue weighted by molar-refractivity contribution is -0.117. The van der Waals surface area contributed by atoms with Crippen molar-refractivity contribution < 1.29 is 17.6 Å². The first-order valence-corrected chi connectivity index (χ1v) is 11.0. The lowest BCUT2D eigenvalue weighted by atomic mass is 10.2. The van der Waals surface area contributed by atoms with Gasteiger partial charge >= 0.3 is 0 Å². The quantitative estimate of drug-likeness (QED) is 0.747. The van der Waals surface area contributed by atoms with Crippen LogP contribution in [0, 0.1) is 5.82 Å². The van der Waals surface area contributed by atoms with E-state index >= 15 is 0 Å². The Morgan fingerprint density at radius 2 is 1.70 bits per heavy atom. The highest BCUT2D eigenvalue weighted by Crippen LogP contribution is 2.26. The van der Waals surface area contributed by atoms with Crippen molar-refractivity contribution in [3.05, 3.63) is 54.3 Å². The Labute approximate surface area is 174 Å². The van der Waals surface area contributed by atoms with Gasteiger partial charge in [0.2, 0.25) is 5.91 Å². The second-order valence-corrected chi connectivity index (χ2v) is 8.81. The monoisotopic (exact) mass is 431 g/mol. The number of nitrogens with one attached hydrogen (secondary N) is 2. The van der Waals surface area contributed by atoms with Crippen LogP contribution in [0.4, 0.5) is 15.8 Å². The summed E-state index contributed by atoms with van der Waals surface area (Å²) < 4.78 is 41.5. The molecule has 0 bridgehead atoms. The van der Waals surface area contributed by atoms with Crippen LogP contribution in [0.5, 0.6) is 0 Å². The minimum atomic E-state index is -3.69. The molecule has 1 amide bonds. The first kappa shape index (κ1) is 20.5. The number of piperazine rings is 1. The van der Waals surface area contributed by atoms with Gasteiger partial charge in [0.15, 0.2) is 0 Å². The molecule has 0 atom stereocenters. The molecule has 30 heavy (non-hydrogen) atoms. The average molecular weight is 431 g/mol. The highest BCUT2D eigenvalue weighted by atomic mass is 32.2. The number of fused-ring (bicyclic) bond motifs is 1. The van der Waals surface area contributed by atoms with Gasteiger partial charge in [0.25, 0.3) is 10.0 Å². The predicted molar refractivity (Wildman–Crippen MR) is 113 cm³/mol. The van der Waals surface area contributed by atoms with E-state index in [-0.39, 0.29) is 23.2 Å². The topological polar surface area (TPSA) is 94.1 Å². The number of anilines is 2. The molecule has 0 aromatic heterocycles. The number of benzene rings is 2. The van der Waals surface area contributed by atoms with Gasteiger partial charge in [-0.1, -0.05) is 12.1 Å². The van der Waals surface area contributed by atoms with E-state index in [9.17, 15) is 17.6 Å². The number of amidine groups is 1. The van der Waals surface area contributed by atoms with Crippen molar-refractivity contribution in [3.63, 3.8) is 0 Å². The van der Waals surface area contributed by atoms with Crippen LogP contribution in [0.1, 0.15) is 0 Å². The summed E-state index contributed by atoms with van der Waals surface area (Å²) in [6.07, 6.45) is 0. The van der Waals surface area contributed by atoms with Crippen molar-refractivity contribution in [2.45, 2.75) is 4.90 Å². The SMILES string of the molecule is O=C(CN1CCN(CC2=NS(=O)(=O)c3ccccc3N2)CC1)Nc1ccc(F)cc1. The Hall–Kier alpha value is -2.82. The number of hydrogen-bond acceptors (Lipinski definition) is 6. The lowest BCUT2D eigenvalue weighted by Crippen LogP contribution is -2.50. The van der Waals surface area contributed by atoms with Crippen LogP contribution >= 0.6 is 0 Å². The smallest absolute Gasteiger partial charge is 0.286 e. The molecule has 10 heteroatoms. The van der Waals surface area contributed by atoms with E-state index in [0.29, 0.717) is 49.9 Å². The molecule has 0 unspecified atom stereocenters. The Morgan fingerprint density at radius 1 is 1.03 bits per heavy atom. The summed E-state index contributed by atoms with van der Waals surface area (Å²) in [5.41, 5.74) is 1.10. The predicted octanol–water partition coefficient (Wildman–Crippen LogP) is 1.59. The first-order chi connectivity index (χ1) is 14.4. The molecule has 0 spiro atoms. The molecule has 2 aliphatic heterocycles. The van der Waals surface area contributed by atoms with Crippen molar-refractivity contribution in [1.29, 1.82) is 0 Å². The van der Waals surface area contributed by atoms with Gasteiger partial charge in [-0.2, -0.15) is 8.42 Å². The molecule has 8 nitrogen and oxygen atoms in total. The van der Waals surface area contributed by atoms with Gasteiger partial charge in [0, 0.05) is 31.9 Å². The van der Waals surface area contributed by atoms with E-state index in [4.69, 9.17) is 0 Å². The number of carbonyl (C=O) groups is 1. The van der Waals surface area contributed by atoms with E-state index in [0.717, 1.165) is 0 Å². The minimum Gasteiger partial charge on any atom is -0.341 e. The van der Waals surface area contributed by atoms with Crippen molar-refractivity contribution in [2.24, 2.45) is 4.40 Å². The normalized spacial score (nSPS) is 18.8. The number of halogens is 1. The molecular weight excluding hydrogens is 409 g/mol. The molecule has 1 saturated heterocycles. The second kappa shape index (κ2) is 8.50. The fourth-order valence-corrected chi connectivity index (χ4v) is 4.63. The standard InChI is InChI=1S/C20H22FN5O3S/c21-15-5-7-16(8-6-15)22-20(27)14-26-11-9-25(10-12-26)13-19-23-17-3-1-2-4-18(17)30(28,29)24-19/h1-8H,9-14H2,(H,22,27)(H,23,24). The Morgan fingerprint density at radius 3 is 2.43 bits per heavy atom. The zero-order valence-electron chi connectivity index (χ0n) is 16.2. The number of rotatable bonds is 5. The Kier molecular flexibility index (Phi) is 5.80. The number of carbonyl (C=O) groups excluding carboxylic acids is 1. The molecule has 158 valence electrons. The summed E-state index contributed by atoms with van der Waals surface area (Å²) in [7, 11) is -3.69. The van der Waals surface area contributed by atoms with Crippen molar-refractivity contribution in [2.75, 3.05) is 49.9 Å². The van der Waals surface area contributed by atoms with Crippen molar-refractivity contribution in [1.82, 2.24) is 9.80 Å². The Balaban J connectivity index is 1.27. The molecule has 0 radical (unpaired) electrons. The molecule has 2 aromatic carbocycles. The summed E-state index contributed by atoms with van der Waals surface area (Å²) in [6, 6.07) is 12.4. The fourth-order valence-electron chi connectivity index (χ4n) is 3.49. The maximum absolute atomic E-state index is 12.9. The second-order valence-electron chi connectivity index (χ2n) is 7.24. The summed E-state index contributed by atoms with van der Waals surface area (Å²) >= 11 is 0. The summed E-state index contributed by atoms with van der Waals surface area (Å²) in [5.74, 6) is -0.107. The Bertz CT molecular complexity index is 1060. The fraction of sp³-hybridized carbons (Fsp3) is 0.300. The number of para-hydroxylation sites is 1. The van der Waals surface area contributed by atoms with Crippen LogP contribution in [0.2, 0.25) is 0 Å². The lowest BCUT2D eigenvalue weighted by Gasteiger charge is -2.34. The third kappa shape index (κ3) is 4.84. The molecule has 2 N–H and O–H groups in total. The number of amides is 1. The molecule has 2 heterocycles. The molecular formula is C20H22FN5O3S. The van der Waals surface area contributed by atoms with Crippen LogP contribution in [-0.2, 0) is 14.8 Å². The van der Waals surface area contributed by atoms with E-state index in [2.05, 4.69) is 19.9 Å². The van der Waals surface area contributed by atoms with Crippen LogP contribution in [0.25, 0.3) is 0 Å². The van der Waals surface area contributed by atoms with E-state index in [1.54, 1.807) is 18.2 Å². The van der Waals surface area contributed by atoms with Crippen LogP contribution in [0.15, 0.2) is 57.8 Å². The van der Waals surface area contributed by atoms with Crippen LogP contribution in [0.3, 0.4) is 0 Å². The summed E-state index contributed by atoms with van der Waals surface area (Å²) in [5, 5.41) is 5.85. The number of nitrogens with zero attached hydrogens (tertiary/aromatic N) is 3. The van der Waals surface area contributed by atoms with Crippen LogP contribution in [-0.4, -0.2) is 69.2 Å². The summed E-state index contributed by atoms with van der Waals surface area (Å²) in [4.78, 5) is 16.5. The van der Waals surface area contributed by atoms with Gasteiger partial charge < -0.3 is 10.6 Å². The minimum absolute atomic E-state index is 0.156. The van der Waals surface area contributed by atoms with Gasteiger partial charge in [-0.15, -0.1) is 4.40 Å². The first-order valence-electron chi connectivity index (χ1n) is 9.59. The summed E-state index contributed by atoms with van der Waals surface area (Å²) in [6.45, 7) is 3.36. The van der Waals surface area contributed by atoms with E-state index < -0.39 is 10.0 Å². The molecule has 2 aromatic rings. The van der Waals surface area contributed by atoms with Gasteiger partial charge in [0.1, 0.15) is 16.5 Å². The zero-order valence-corrected chi connectivity index (χ0v) is 17.0. The molecule has 2 aliphatic rings. The molecule has 0 aliphatic carbocycles. The van der Waals surface area contributed by atoms with Gasteiger partial charge in [-0.3, -0.25) is 14.6 Å². The third-order valence-corrected chi connectivity index (χ3v) is 6.38. The molecule has 4 rings (SSSR count). The third-order valence-electron chi connectivity index (χ3n) is 5.01. The van der Waals surface area contributed by atoms with Crippen LogP contribution < -0.4 is 10.6 Å². The van der Waals surface area contributed by atoms with E-state index in [1.165, 1.54) is 30.3 Å².